The van der Waals surface area contributed by atoms with E-state index in [0.29, 0.717) is 19.0 Å². The van der Waals surface area contributed by atoms with E-state index in [1.54, 1.807) is 0 Å². The number of rotatable bonds is 6. The average molecular weight is 379 g/mol. The van der Waals surface area contributed by atoms with Gasteiger partial charge in [0.15, 0.2) is 0 Å². The van der Waals surface area contributed by atoms with E-state index in [0.717, 1.165) is 30.9 Å². The lowest BCUT2D eigenvalue weighted by Gasteiger charge is -2.30. The highest BCUT2D eigenvalue weighted by Crippen LogP contribution is 2.26. The van der Waals surface area contributed by atoms with Crippen molar-refractivity contribution in [2.24, 2.45) is 5.92 Å². The lowest BCUT2D eigenvalue weighted by atomic mass is 9.98. The van der Waals surface area contributed by atoms with Crippen LogP contribution in [0.25, 0.3) is 5.57 Å². The van der Waals surface area contributed by atoms with Gasteiger partial charge in [-0.25, -0.2) is 8.42 Å². The molecular weight excluding hydrogens is 348 g/mol. The van der Waals surface area contributed by atoms with Crippen LogP contribution in [0, 0.1) is 5.92 Å². The van der Waals surface area contributed by atoms with E-state index in [1.807, 2.05) is 18.2 Å². The van der Waals surface area contributed by atoms with E-state index >= 15 is 0 Å². The summed E-state index contributed by atoms with van der Waals surface area (Å²) in [4.78, 5) is 2.49. The minimum atomic E-state index is -3.10. The first kappa shape index (κ1) is 19.4. The van der Waals surface area contributed by atoms with Crippen molar-refractivity contribution in [1.82, 2.24) is 9.21 Å². The highest BCUT2D eigenvalue weighted by Gasteiger charge is 2.20. The molecule has 1 saturated heterocycles. The zero-order chi connectivity index (χ0) is 18.6. The molecule has 0 unspecified atom stereocenters. The van der Waals surface area contributed by atoms with Gasteiger partial charge < -0.3 is 9.64 Å². The van der Waals surface area contributed by atoms with Crippen LogP contribution in [0.3, 0.4) is 0 Å². The molecule has 26 heavy (non-hydrogen) atoms. The molecule has 2 aliphatic rings. The third-order valence-corrected chi connectivity index (χ3v) is 6.78. The van der Waals surface area contributed by atoms with Gasteiger partial charge in [0.1, 0.15) is 5.75 Å². The van der Waals surface area contributed by atoms with Gasteiger partial charge in [0, 0.05) is 13.1 Å². The van der Waals surface area contributed by atoms with Crippen molar-refractivity contribution < 1.29 is 13.2 Å². The summed E-state index contributed by atoms with van der Waals surface area (Å²) in [5, 5.41) is 0. The number of nitrogens with zero attached hydrogens (tertiary/aromatic N) is 2. The molecule has 0 bridgehead atoms. The summed E-state index contributed by atoms with van der Waals surface area (Å²) in [7, 11) is -3.10. The molecule has 1 aromatic carbocycles. The molecule has 0 saturated carbocycles. The van der Waals surface area contributed by atoms with E-state index in [9.17, 15) is 8.42 Å². The monoisotopic (exact) mass is 378 g/mol. The number of hydrogen-bond donors (Lipinski definition) is 0. The molecule has 5 nitrogen and oxygen atoms in total. The van der Waals surface area contributed by atoms with Crippen LogP contribution in [-0.4, -0.2) is 63.2 Å². The van der Waals surface area contributed by atoms with Gasteiger partial charge in [0.2, 0.25) is 10.0 Å². The molecule has 0 radical (unpaired) electrons. The molecule has 0 aliphatic carbocycles. The van der Waals surface area contributed by atoms with Gasteiger partial charge in [-0.15, -0.1) is 0 Å². The SMILES string of the molecule is CCN1CCC(COc2ccc(C3=CCN(S(C)(=O)=O)CC3)cc2)CC1. The normalized spacial score (nSPS) is 20.8. The summed E-state index contributed by atoms with van der Waals surface area (Å²) < 4.78 is 30.7. The summed E-state index contributed by atoms with van der Waals surface area (Å²) >= 11 is 0. The fourth-order valence-electron chi connectivity index (χ4n) is 3.66. The van der Waals surface area contributed by atoms with Crippen LogP contribution >= 0.6 is 0 Å². The van der Waals surface area contributed by atoms with E-state index in [-0.39, 0.29) is 0 Å². The molecule has 0 N–H and O–H groups in total. The minimum Gasteiger partial charge on any atom is -0.493 e. The van der Waals surface area contributed by atoms with Crippen LogP contribution in [0.1, 0.15) is 31.7 Å². The van der Waals surface area contributed by atoms with Gasteiger partial charge in [0.05, 0.1) is 12.9 Å². The van der Waals surface area contributed by atoms with Crippen molar-refractivity contribution in [2.45, 2.75) is 26.2 Å². The smallest absolute Gasteiger partial charge is 0.211 e. The van der Waals surface area contributed by atoms with Crippen LogP contribution in [0.5, 0.6) is 5.75 Å². The number of piperidine rings is 1. The Bertz CT molecular complexity index is 720. The lowest BCUT2D eigenvalue weighted by Crippen LogP contribution is -2.35. The number of hydrogen-bond acceptors (Lipinski definition) is 4. The first-order valence-electron chi connectivity index (χ1n) is 9.55. The molecule has 144 valence electrons. The van der Waals surface area contributed by atoms with Gasteiger partial charge in [-0.05, 0) is 68.1 Å². The van der Waals surface area contributed by atoms with E-state index < -0.39 is 10.0 Å². The molecule has 0 atom stereocenters. The van der Waals surface area contributed by atoms with Gasteiger partial charge in [0.25, 0.3) is 0 Å². The maximum atomic E-state index is 11.6. The van der Waals surface area contributed by atoms with E-state index in [2.05, 4.69) is 24.0 Å². The molecule has 2 aliphatic heterocycles. The second-order valence-corrected chi connectivity index (χ2v) is 9.30. The third-order valence-electron chi connectivity index (χ3n) is 5.51. The largest absolute Gasteiger partial charge is 0.493 e. The van der Waals surface area contributed by atoms with E-state index in [1.165, 1.54) is 42.1 Å². The van der Waals surface area contributed by atoms with Crippen LogP contribution in [0.15, 0.2) is 30.3 Å². The topological polar surface area (TPSA) is 49.9 Å². The molecule has 0 spiro atoms. The van der Waals surface area contributed by atoms with Gasteiger partial charge >= 0.3 is 0 Å². The van der Waals surface area contributed by atoms with E-state index in [4.69, 9.17) is 4.74 Å². The maximum absolute atomic E-state index is 11.6. The van der Waals surface area contributed by atoms with Crippen molar-refractivity contribution in [3.8, 4) is 5.75 Å². The molecule has 0 aromatic heterocycles. The number of likely N-dealkylation sites (tertiary alicyclic amines) is 1. The van der Waals surface area contributed by atoms with Crippen LogP contribution in [-0.2, 0) is 10.0 Å². The van der Waals surface area contributed by atoms with Crippen molar-refractivity contribution in [2.75, 3.05) is 45.6 Å². The zero-order valence-corrected chi connectivity index (χ0v) is 16.7. The summed E-state index contributed by atoms with van der Waals surface area (Å²) in [6.45, 7) is 7.54. The Morgan fingerprint density at radius 1 is 1.12 bits per heavy atom. The highest BCUT2D eigenvalue weighted by molar-refractivity contribution is 7.88. The summed E-state index contributed by atoms with van der Waals surface area (Å²) in [5.41, 5.74) is 2.37. The Hall–Kier alpha value is -1.37. The predicted octanol–water partition coefficient (Wildman–Crippen LogP) is 2.85. The molecule has 0 amide bonds. The number of benzene rings is 1. The summed E-state index contributed by atoms with van der Waals surface area (Å²) in [6, 6.07) is 8.22. The molecule has 2 heterocycles. The van der Waals surface area contributed by atoms with Crippen LogP contribution in [0.2, 0.25) is 0 Å². The second kappa shape index (κ2) is 8.55. The Labute approximate surface area is 157 Å². The van der Waals surface area contributed by atoms with Gasteiger partial charge in [-0.2, -0.15) is 4.31 Å². The highest BCUT2D eigenvalue weighted by atomic mass is 32.2. The molecule has 1 fully saturated rings. The van der Waals surface area contributed by atoms with Crippen LogP contribution < -0.4 is 4.74 Å². The van der Waals surface area contributed by atoms with Crippen molar-refractivity contribution in [1.29, 1.82) is 0 Å². The standard InChI is InChI=1S/C20H30N2O3S/c1-3-21-12-8-17(9-13-21)16-25-20-6-4-18(5-7-20)19-10-14-22(15-11-19)26(2,23)24/h4-7,10,17H,3,8-9,11-16H2,1-2H3. The summed E-state index contributed by atoms with van der Waals surface area (Å²) in [5.74, 6) is 1.57. The Morgan fingerprint density at radius 2 is 1.81 bits per heavy atom. The van der Waals surface area contributed by atoms with Crippen molar-refractivity contribution >= 4 is 15.6 Å². The first-order chi connectivity index (χ1) is 12.5. The molecular formula is C20H30N2O3S. The molecule has 1 aromatic rings. The predicted molar refractivity (Wildman–Crippen MR) is 106 cm³/mol. The Kier molecular flexibility index (Phi) is 6.37. The third kappa shape index (κ3) is 5.09. The summed E-state index contributed by atoms with van der Waals surface area (Å²) in [6.07, 6.45) is 6.47. The van der Waals surface area contributed by atoms with Crippen molar-refractivity contribution in [3.05, 3.63) is 35.9 Å². The second-order valence-electron chi connectivity index (χ2n) is 7.31. The van der Waals surface area contributed by atoms with Crippen LogP contribution in [0.4, 0.5) is 0 Å². The fraction of sp³-hybridized carbons (Fsp3) is 0.600. The quantitative estimate of drug-likeness (QED) is 0.764. The zero-order valence-electron chi connectivity index (χ0n) is 15.9. The Balaban J connectivity index is 1.50. The molecule has 3 rings (SSSR count). The van der Waals surface area contributed by atoms with Gasteiger partial charge in [-0.3, -0.25) is 0 Å². The first-order valence-corrected chi connectivity index (χ1v) is 11.4. The maximum Gasteiger partial charge on any atom is 0.211 e. The average Bonchev–Trinajstić information content (AvgIpc) is 2.66. The number of sulfonamides is 1. The minimum absolute atomic E-state index is 0.461. The fourth-order valence-corrected chi connectivity index (χ4v) is 4.43. The Morgan fingerprint density at radius 3 is 2.35 bits per heavy atom. The molecule has 6 heteroatoms. The lowest BCUT2D eigenvalue weighted by molar-refractivity contribution is 0.146. The van der Waals surface area contributed by atoms with Crippen molar-refractivity contribution in [3.63, 3.8) is 0 Å². The van der Waals surface area contributed by atoms with Gasteiger partial charge in [-0.1, -0.05) is 25.1 Å². The number of ether oxygens (including phenoxy) is 1.